The van der Waals surface area contributed by atoms with E-state index in [0.717, 1.165) is 30.3 Å². The average molecular weight is 229 g/mol. The average Bonchev–Trinajstić information content (AvgIpc) is 2.51. The van der Waals surface area contributed by atoms with Gasteiger partial charge in [0.05, 0.1) is 0 Å². The molecule has 0 amide bonds. The van der Waals surface area contributed by atoms with Crippen LogP contribution >= 0.6 is 0 Å². The van der Waals surface area contributed by atoms with Gasteiger partial charge >= 0.3 is 0 Å². The first-order chi connectivity index (χ1) is 8.26. The topological polar surface area (TPSA) is 27.6 Å². The first kappa shape index (κ1) is 11.7. The Morgan fingerprint density at radius 2 is 1.88 bits per heavy atom. The number of fused-ring (bicyclic) bond motifs is 1. The van der Waals surface area contributed by atoms with Crippen molar-refractivity contribution in [3.05, 3.63) is 41.7 Å². The summed E-state index contributed by atoms with van der Waals surface area (Å²) in [5, 5.41) is 3.38. The number of nitrogens with one attached hydrogen (secondary N) is 1. The minimum absolute atomic E-state index is 0.969. The minimum atomic E-state index is 0.969. The quantitative estimate of drug-likeness (QED) is 0.844. The summed E-state index contributed by atoms with van der Waals surface area (Å²) >= 11 is 0. The van der Waals surface area contributed by atoms with E-state index in [-0.39, 0.29) is 0 Å². The molecule has 0 saturated heterocycles. The van der Waals surface area contributed by atoms with Crippen molar-refractivity contribution in [2.45, 2.75) is 20.8 Å². The fourth-order valence-electron chi connectivity index (χ4n) is 2.03. The van der Waals surface area contributed by atoms with Gasteiger partial charge < -0.3 is 10.2 Å². The molecule has 17 heavy (non-hydrogen) atoms. The van der Waals surface area contributed by atoms with Crippen molar-refractivity contribution in [1.29, 1.82) is 0 Å². The second kappa shape index (κ2) is 5.04. The van der Waals surface area contributed by atoms with Crippen molar-refractivity contribution in [2.24, 2.45) is 4.99 Å². The molecule has 90 valence electrons. The lowest BCUT2D eigenvalue weighted by molar-refractivity contribution is 0.467. The van der Waals surface area contributed by atoms with Crippen LogP contribution in [0.25, 0.3) is 0 Å². The van der Waals surface area contributed by atoms with Crippen LogP contribution in [0.3, 0.4) is 0 Å². The van der Waals surface area contributed by atoms with E-state index in [4.69, 9.17) is 0 Å². The van der Waals surface area contributed by atoms with Crippen LogP contribution in [0.4, 0.5) is 5.69 Å². The molecular formula is C14H19N3. The second-order valence-electron chi connectivity index (χ2n) is 4.11. The highest BCUT2D eigenvalue weighted by Gasteiger charge is 2.15. The van der Waals surface area contributed by atoms with Gasteiger partial charge in [-0.2, -0.15) is 0 Å². The molecular weight excluding hydrogens is 210 g/mol. The molecule has 0 fully saturated rings. The maximum absolute atomic E-state index is 4.61. The monoisotopic (exact) mass is 229 g/mol. The molecule has 0 aliphatic carbocycles. The van der Waals surface area contributed by atoms with E-state index >= 15 is 0 Å². The number of anilines is 1. The third-order valence-electron chi connectivity index (χ3n) is 2.94. The summed E-state index contributed by atoms with van der Waals surface area (Å²) in [7, 11) is 0. The fourth-order valence-corrected chi connectivity index (χ4v) is 2.03. The molecule has 0 atom stereocenters. The molecule has 1 aromatic rings. The summed E-state index contributed by atoms with van der Waals surface area (Å²) in [6.07, 6.45) is 1.90. The van der Waals surface area contributed by atoms with Crippen molar-refractivity contribution in [3.63, 3.8) is 0 Å². The van der Waals surface area contributed by atoms with E-state index in [1.54, 1.807) is 0 Å². The van der Waals surface area contributed by atoms with Gasteiger partial charge in [0.15, 0.2) is 0 Å². The smallest absolute Gasteiger partial charge is 0.137 e. The number of benzene rings is 1. The van der Waals surface area contributed by atoms with Crippen LogP contribution in [0.2, 0.25) is 0 Å². The normalized spacial score (nSPS) is 14.1. The van der Waals surface area contributed by atoms with E-state index in [1.807, 2.05) is 19.2 Å². The molecule has 2 rings (SSSR count). The zero-order valence-electron chi connectivity index (χ0n) is 10.7. The lowest BCUT2D eigenvalue weighted by Gasteiger charge is -2.23. The van der Waals surface area contributed by atoms with E-state index in [0.29, 0.717) is 0 Å². The van der Waals surface area contributed by atoms with Gasteiger partial charge in [-0.3, -0.25) is 0 Å². The Labute approximate surface area is 103 Å². The molecule has 0 saturated carbocycles. The summed E-state index contributed by atoms with van der Waals surface area (Å²) in [6, 6.07) is 8.31. The minimum Gasteiger partial charge on any atom is -0.357 e. The highest BCUT2D eigenvalue weighted by molar-refractivity contribution is 6.04. The van der Waals surface area contributed by atoms with E-state index in [2.05, 4.69) is 47.3 Å². The first-order valence-corrected chi connectivity index (χ1v) is 6.12. The third-order valence-corrected chi connectivity index (χ3v) is 2.94. The predicted molar refractivity (Wildman–Crippen MR) is 73.3 cm³/mol. The Kier molecular flexibility index (Phi) is 3.47. The highest BCUT2D eigenvalue weighted by Crippen LogP contribution is 2.22. The molecule has 3 nitrogen and oxygen atoms in total. The van der Waals surface area contributed by atoms with E-state index in [1.165, 1.54) is 5.56 Å². The lowest BCUT2D eigenvalue weighted by atomic mass is 10.1. The van der Waals surface area contributed by atoms with Gasteiger partial charge in [0.2, 0.25) is 0 Å². The van der Waals surface area contributed by atoms with Crippen LogP contribution < -0.4 is 5.32 Å². The molecule has 0 unspecified atom stereocenters. The molecule has 3 heteroatoms. The van der Waals surface area contributed by atoms with Crippen LogP contribution in [-0.4, -0.2) is 23.8 Å². The molecule has 0 spiro atoms. The molecule has 1 aliphatic rings. The summed E-state index contributed by atoms with van der Waals surface area (Å²) in [4.78, 5) is 6.88. The predicted octanol–water partition coefficient (Wildman–Crippen LogP) is 3.06. The van der Waals surface area contributed by atoms with Crippen LogP contribution in [-0.2, 0) is 0 Å². The van der Waals surface area contributed by atoms with E-state index in [9.17, 15) is 0 Å². The Bertz CT molecular complexity index is 456. The van der Waals surface area contributed by atoms with Crippen LogP contribution in [0.1, 0.15) is 26.3 Å². The highest BCUT2D eigenvalue weighted by atomic mass is 15.2. The second-order valence-corrected chi connectivity index (χ2v) is 4.11. The first-order valence-electron chi connectivity index (χ1n) is 6.12. The number of allylic oxidation sites excluding steroid dienone is 1. The van der Waals surface area contributed by atoms with Crippen molar-refractivity contribution < 1.29 is 0 Å². The molecule has 1 heterocycles. The van der Waals surface area contributed by atoms with Gasteiger partial charge in [-0.15, -0.1) is 0 Å². The fraction of sp³-hybridized carbons (Fsp3) is 0.357. The SMILES string of the molecule is CCN(CC)C1=NC=C(C)Nc2ccccc21. The number of para-hydroxylation sites is 1. The summed E-state index contributed by atoms with van der Waals surface area (Å²) in [6.45, 7) is 8.28. The van der Waals surface area contributed by atoms with Crippen molar-refractivity contribution in [1.82, 2.24) is 4.90 Å². The Morgan fingerprint density at radius 3 is 2.59 bits per heavy atom. The van der Waals surface area contributed by atoms with Gasteiger partial charge in [-0.1, -0.05) is 12.1 Å². The Balaban J connectivity index is 2.50. The molecule has 0 bridgehead atoms. The van der Waals surface area contributed by atoms with Crippen LogP contribution in [0.5, 0.6) is 0 Å². The number of amidine groups is 1. The maximum atomic E-state index is 4.61. The van der Waals surface area contributed by atoms with Gasteiger partial charge in [0, 0.05) is 36.2 Å². The number of hydrogen-bond acceptors (Lipinski definition) is 3. The molecule has 1 N–H and O–H groups in total. The third kappa shape index (κ3) is 2.33. The molecule has 0 aromatic heterocycles. The van der Waals surface area contributed by atoms with Crippen LogP contribution in [0.15, 0.2) is 41.2 Å². The van der Waals surface area contributed by atoms with Gasteiger partial charge in [0.25, 0.3) is 0 Å². The standard InChI is InChI=1S/C14H19N3/c1-4-17(5-2)14-12-8-6-7-9-13(12)16-11(3)10-15-14/h6-10,16H,4-5H2,1-3H3. The molecule has 1 aromatic carbocycles. The van der Waals surface area contributed by atoms with Gasteiger partial charge in [0.1, 0.15) is 5.84 Å². The largest absolute Gasteiger partial charge is 0.357 e. The number of aliphatic imine (C=N–C) groups is 1. The van der Waals surface area contributed by atoms with E-state index < -0.39 is 0 Å². The lowest BCUT2D eigenvalue weighted by Crippen LogP contribution is -2.31. The molecule has 0 radical (unpaired) electrons. The molecule has 1 aliphatic heterocycles. The number of hydrogen-bond donors (Lipinski definition) is 1. The van der Waals surface area contributed by atoms with Crippen LogP contribution in [0, 0.1) is 0 Å². The maximum Gasteiger partial charge on any atom is 0.137 e. The zero-order valence-corrected chi connectivity index (χ0v) is 10.7. The zero-order chi connectivity index (χ0) is 12.3. The summed E-state index contributed by atoms with van der Waals surface area (Å²) in [5.74, 6) is 1.05. The Morgan fingerprint density at radius 1 is 1.18 bits per heavy atom. The number of nitrogens with zero attached hydrogens (tertiary/aromatic N) is 2. The number of rotatable bonds is 2. The summed E-state index contributed by atoms with van der Waals surface area (Å²) in [5.41, 5.74) is 3.37. The van der Waals surface area contributed by atoms with Gasteiger partial charge in [-0.25, -0.2) is 4.99 Å². The Hall–Kier alpha value is -1.77. The van der Waals surface area contributed by atoms with Crippen molar-refractivity contribution in [2.75, 3.05) is 18.4 Å². The van der Waals surface area contributed by atoms with Crippen molar-refractivity contribution >= 4 is 11.5 Å². The summed E-state index contributed by atoms with van der Waals surface area (Å²) < 4.78 is 0. The van der Waals surface area contributed by atoms with Gasteiger partial charge in [-0.05, 0) is 32.9 Å². The van der Waals surface area contributed by atoms with Crippen molar-refractivity contribution in [3.8, 4) is 0 Å².